The van der Waals surface area contributed by atoms with Gasteiger partial charge in [0.2, 0.25) is 0 Å². The Kier molecular flexibility index (Phi) is 3.29. The Morgan fingerprint density at radius 1 is 1.06 bits per heavy atom. The molecule has 3 nitrogen and oxygen atoms in total. The molecule has 0 spiro atoms. The van der Waals surface area contributed by atoms with E-state index in [1.165, 1.54) is 0 Å². The Labute approximate surface area is 106 Å². The highest BCUT2D eigenvalue weighted by Gasteiger charge is 2.12. The van der Waals surface area contributed by atoms with Crippen molar-refractivity contribution in [1.82, 2.24) is 10.2 Å². The molecule has 88 valence electrons. The lowest BCUT2D eigenvalue weighted by Gasteiger charge is -2.11. The molecule has 0 aliphatic rings. The van der Waals surface area contributed by atoms with Crippen LogP contribution in [0.25, 0.3) is 11.3 Å². The lowest BCUT2D eigenvalue weighted by atomic mass is 10.0. The first kappa shape index (κ1) is 11.9. The first-order chi connectivity index (χ1) is 8.15. The van der Waals surface area contributed by atoms with Gasteiger partial charge in [0, 0.05) is 12.6 Å². The first-order valence-corrected chi connectivity index (χ1v) is 5.79. The highest BCUT2D eigenvalue weighted by atomic mass is 35.5. The largest absolute Gasteiger partial charge is 0.371 e. The molecule has 1 aromatic heterocycles. The van der Waals surface area contributed by atoms with E-state index in [0.717, 1.165) is 28.2 Å². The molecule has 0 atom stereocenters. The summed E-state index contributed by atoms with van der Waals surface area (Å²) in [5.41, 5.74) is 3.95. The normalized spacial score (nSPS) is 10.4. The molecule has 0 aliphatic heterocycles. The Hall–Kier alpha value is -1.61. The molecule has 0 saturated heterocycles. The van der Waals surface area contributed by atoms with E-state index < -0.39 is 0 Å². The summed E-state index contributed by atoms with van der Waals surface area (Å²) in [6.07, 6.45) is 0. The number of nitrogens with zero attached hydrogens (tertiary/aromatic N) is 2. The van der Waals surface area contributed by atoms with Crippen LogP contribution in [-0.2, 0) is 0 Å². The zero-order chi connectivity index (χ0) is 12.4. The van der Waals surface area contributed by atoms with Crippen LogP contribution in [0.5, 0.6) is 0 Å². The highest BCUT2D eigenvalue weighted by molar-refractivity contribution is 6.33. The average molecular weight is 248 g/mol. The molecule has 1 aromatic carbocycles. The second kappa shape index (κ2) is 4.72. The standard InChI is InChI=1S/C13H14ClN3/c1-8-9(2)13(15-3)17-16-12(8)10-6-4-5-7-11(10)14/h4-7H,1-3H3,(H,15,17). The van der Waals surface area contributed by atoms with Crippen LogP contribution < -0.4 is 5.32 Å². The highest BCUT2D eigenvalue weighted by Crippen LogP contribution is 2.30. The van der Waals surface area contributed by atoms with Crippen molar-refractivity contribution in [3.05, 3.63) is 40.4 Å². The van der Waals surface area contributed by atoms with Gasteiger partial charge in [0.25, 0.3) is 0 Å². The third kappa shape index (κ3) is 2.11. The van der Waals surface area contributed by atoms with E-state index in [4.69, 9.17) is 11.6 Å². The summed E-state index contributed by atoms with van der Waals surface area (Å²) < 4.78 is 0. The van der Waals surface area contributed by atoms with Gasteiger partial charge in [0.15, 0.2) is 5.82 Å². The molecule has 0 unspecified atom stereocenters. The number of anilines is 1. The van der Waals surface area contributed by atoms with E-state index in [-0.39, 0.29) is 0 Å². The molecular formula is C13H14ClN3. The molecule has 0 saturated carbocycles. The maximum absolute atomic E-state index is 6.17. The van der Waals surface area contributed by atoms with Crippen LogP contribution in [0.3, 0.4) is 0 Å². The molecule has 0 fully saturated rings. The molecule has 4 heteroatoms. The molecule has 1 heterocycles. The fourth-order valence-electron chi connectivity index (χ4n) is 1.75. The lowest BCUT2D eigenvalue weighted by Crippen LogP contribution is -2.02. The summed E-state index contributed by atoms with van der Waals surface area (Å²) in [4.78, 5) is 0. The number of hydrogen-bond donors (Lipinski definition) is 1. The van der Waals surface area contributed by atoms with Gasteiger partial charge in [-0.2, -0.15) is 0 Å². The fraction of sp³-hybridized carbons (Fsp3) is 0.231. The van der Waals surface area contributed by atoms with Gasteiger partial charge in [-0.3, -0.25) is 0 Å². The van der Waals surface area contributed by atoms with Crippen molar-refractivity contribution >= 4 is 17.4 Å². The lowest BCUT2D eigenvalue weighted by molar-refractivity contribution is 1.00. The number of benzene rings is 1. The molecule has 0 amide bonds. The molecule has 2 rings (SSSR count). The summed E-state index contributed by atoms with van der Waals surface area (Å²) in [5, 5.41) is 12.1. The van der Waals surface area contributed by atoms with E-state index in [9.17, 15) is 0 Å². The first-order valence-electron chi connectivity index (χ1n) is 5.41. The van der Waals surface area contributed by atoms with Crippen molar-refractivity contribution < 1.29 is 0 Å². The SMILES string of the molecule is CNc1nnc(-c2ccccc2Cl)c(C)c1C. The van der Waals surface area contributed by atoms with E-state index in [1.54, 1.807) is 0 Å². The van der Waals surface area contributed by atoms with E-state index >= 15 is 0 Å². The van der Waals surface area contributed by atoms with Gasteiger partial charge in [-0.05, 0) is 31.0 Å². The second-order valence-electron chi connectivity index (χ2n) is 3.88. The summed E-state index contributed by atoms with van der Waals surface area (Å²) in [6.45, 7) is 4.06. The van der Waals surface area contributed by atoms with Crippen molar-refractivity contribution in [3.8, 4) is 11.3 Å². The molecule has 17 heavy (non-hydrogen) atoms. The van der Waals surface area contributed by atoms with Crippen LogP contribution in [0, 0.1) is 13.8 Å². The predicted octanol–water partition coefficient (Wildman–Crippen LogP) is 3.46. The fourth-order valence-corrected chi connectivity index (χ4v) is 1.98. The number of rotatable bonds is 2. The molecule has 0 radical (unpaired) electrons. The van der Waals surface area contributed by atoms with Gasteiger partial charge in [-0.25, -0.2) is 0 Å². The minimum absolute atomic E-state index is 0.696. The third-order valence-electron chi connectivity index (χ3n) is 2.89. The summed E-state index contributed by atoms with van der Waals surface area (Å²) in [5.74, 6) is 0.804. The van der Waals surface area contributed by atoms with Gasteiger partial charge in [0.05, 0.1) is 10.7 Å². The Morgan fingerprint density at radius 3 is 2.41 bits per heavy atom. The smallest absolute Gasteiger partial charge is 0.151 e. The van der Waals surface area contributed by atoms with Crippen molar-refractivity contribution in [2.45, 2.75) is 13.8 Å². The van der Waals surface area contributed by atoms with Crippen LogP contribution in [0.2, 0.25) is 5.02 Å². The van der Waals surface area contributed by atoms with E-state index in [2.05, 4.69) is 15.5 Å². The number of halogens is 1. The average Bonchev–Trinajstić information content (AvgIpc) is 2.34. The van der Waals surface area contributed by atoms with Crippen molar-refractivity contribution in [1.29, 1.82) is 0 Å². The quantitative estimate of drug-likeness (QED) is 0.883. The molecule has 2 aromatic rings. The summed E-state index contributed by atoms with van der Waals surface area (Å²) in [6, 6.07) is 7.67. The Balaban J connectivity index is 2.62. The van der Waals surface area contributed by atoms with E-state index in [0.29, 0.717) is 5.02 Å². The topological polar surface area (TPSA) is 37.8 Å². The second-order valence-corrected chi connectivity index (χ2v) is 4.28. The predicted molar refractivity (Wildman–Crippen MR) is 71.5 cm³/mol. The zero-order valence-electron chi connectivity index (χ0n) is 10.1. The van der Waals surface area contributed by atoms with E-state index in [1.807, 2.05) is 45.2 Å². The molecule has 1 N–H and O–H groups in total. The number of aromatic nitrogens is 2. The van der Waals surface area contributed by atoms with Crippen molar-refractivity contribution in [2.24, 2.45) is 0 Å². The maximum atomic E-state index is 6.17. The third-order valence-corrected chi connectivity index (χ3v) is 3.22. The van der Waals surface area contributed by atoms with Gasteiger partial charge in [-0.15, -0.1) is 10.2 Å². The monoisotopic (exact) mass is 247 g/mol. The number of hydrogen-bond acceptors (Lipinski definition) is 3. The van der Waals surface area contributed by atoms with Gasteiger partial charge in [0.1, 0.15) is 0 Å². The minimum atomic E-state index is 0.696. The van der Waals surface area contributed by atoms with Crippen molar-refractivity contribution in [3.63, 3.8) is 0 Å². The molecule has 0 bridgehead atoms. The zero-order valence-corrected chi connectivity index (χ0v) is 10.8. The van der Waals surface area contributed by atoms with Gasteiger partial charge in [-0.1, -0.05) is 29.8 Å². The van der Waals surface area contributed by atoms with Crippen LogP contribution in [0.1, 0.15) is 11.1 Å². The Bertz CT molecular complexity index is 552. The van der Waals surface area contributed by atoms with Gasteiger partial charge >= 0.3 is 0 Å². The van der Waals surface area contributed by atoms with Crippen LogP contribution >= 0.6 is 11.6 Å². The Morgan fingerprint density at radius 2 is 1.76 bits per heavy atom. The maximum Gasteiger partial charge on any atom is 0.151 e. The van der Waals surface area contributed by atoms with Crippen LogP contribution in [0.4, 0.5) is 5.82 Å². The summed E-state index contributed by atoms with van der Waals surface area (Å²) in [7, 11) is 1.84. The summed E-state index contributed by atoms with van der Waals surface area (Å²) >= 11 is 6.17. The van der Waals surface area contributed by atoms with Crippen LogP contribution in [0.15, 0.2) is 24.3 Å². The van der Waals surface area contributed by atoms with Gasteiger partial charge < -0.3 is 5.32 Å². The minimum Gasteiger partial charge on any atom is -0.371 e. The molecule has 0 aliphatic carbocycles. The van der Waals surface area contributed by atoms with Crippen molar-refractivity contribution in [2.75, 3.05) is 12.4 Å². The number of nitrogens with one attached hydrogen (secondary N) is 1. The molecular weight excluding hydrogens is 234 g/mol. The van der Waals surface area contributed by atoms with Crippen LogP contribution in [-0.4, -0.2) is 17.2 Å².